The van der Waals surface area contributed by atoms with Gasteiger partial charge >= 0.3 is 0 Å². The van der Waals surface area contributed by atoms with Gasteiger partial charge in [0.25, 0.3) is 0 Å². The van der Waals surface area contributed by atoms with Crippen molar-refractivity contribution in [3.05, 3.63) is 24.0 Å². The van der Waals surface area contributed by atoms with E-state index in [-0.39, 0.29) is 0 Å². The molecule has 1 aromatic heterocycles. The molecule has 0 saturated heterocycles. The third kappa shape index (κ3) is 1.54. The summed E-state index contributed by atoms with van der Waals surface area (Å²) in [6.07, 6.45) is 7.78. The highest BCUT2D eigenvalue weighted by Gasteiger charge is 2.42. The van der Waals surface area contributed by atoms with Crippen LogP contribution in [0.1, 0.15) is 57.2 Å². The predicted molar refractivity (Wildman–Crippen MR) is 78.2 cm³/mol. The van der Waals surface area contributed by atoms with Crippen molar-refractivity contribution in [3.8, 4) is 0 Å². The fourth-order valence-corrected chi connectivity index (χ4v) is 3.55. The van der Waals surface area contributed by atoms with Crippen LogP contribution in [-0.4, -0.2) is 9.55 Å². The predicted octanol–water partition coefficient (Wildman–Crippen LogP) is 3.79. The van der Waals surface area contributed by atoms with Crippen LogP contribution in [-0.2, 0) is 5.54 Å². The molecule has 2 N–H and O–H groups in total. The van der Waals surface area contributed by atoms with Gasteiger partial charge in [0, 0.05) is 17.1 Å². The minimum absolute atomic E-state index is 0.336. The van der Waals surface area contributed by atoms with Gasteiger partial charge in [-0.05, 0) is 56.7 Å². The first-order chi connectivity index (χ1) is 9.23. The highest BCUT2D eigenvalue weighted by Crippen LogP contribution is 2.49. The van der Waals surface area contributed by atoms with E-state index in [9.17, 15) is 0 Å². The largest absolute Gasteiger partial charge is 0.399 e. The molecule has 2 aliphatic carbocycles. The van der Waals surface area contributed by atoms with Crippen LogP contribution in [0.15, 0.2) is 18.2 Å². The molecular formula is C16H21N3. The third-order valence-electron chi connectivity index (χ3n) is 5.06. The Kier molecular flexibility index (Phi) is 2.23. The smallest absolute Gasteiger partial charge is 0.113 e. The molecule has 2 aromatic rings. The highest BCUT2D eigenvalue weighted by atomic mass is 15.2. The van der Waals surface area contributed by atoms with Crippen molar-refractivity contribution in [2.45, 2.75) is 56.9 Å². The summed E-state index contributed by atoms with van der Waals surface area (Å²) in [6, 6.07) is 6.21. The molecule has 19 heavy (non-hydrogen) atoms. The first-order valence-corrected chi connectivity index (χ1v) is 7.52. The second-order valence-corrected chi connectivity index (χ2v) is 6.26. The Morgan fingerprint density at radius 1 is 1.37 bits per heavy atom. The van der Waals surface area contributed by atoms with Gasteiger partial charge in [0.1, 0.15) is 5.82 Å². The lowest BCUT2D eigenvalue weighted by atomic mass is 9.74. The van der Waals surface area contributed by atoms with Crippen LogP contribution in [0.4, 0.5) is 5.69 Å². The quantitative estimate of drug-likeness (QED) is 0.848. The minimum atomic E-state index is 0.336. The van der Waals surface area contributed by atoms with Gasteiger partial charge in [-0.25, -0.2) is 4.98 Å². The standard InChI is InChI=1S/C16H21N3/c1-2-16(8-3-9-16)19-14-7-6-12(17)10-13(14)18-15(19)11-4-5-11/h6-7,10-11H,2-5,8-9,17H2,1H3. The number of nitrogens with zero attached hydrogens (tertiary/aromatic N) is 2. The van der Waals surface area contributed by atoms with Gasteiger partial charge in [-0.2, -0.15) is 0 Å². The zero-order valence-electron chi connectivity index (χ0n) is 11.5. The molecule has 1 heterocycles. The van der Waals surface area contributed by atoms with Gasteiger partial charge in [-0.1, -0.05) is 6.92 Å². The number of rotatable bonds is 3. The molecule has 0 radical (unpaired) electrons. The van der Waals surface area contributed by atoms with Gasteiger partial charge in [0.2, 0.25) is 0 Å². The summed E-state index contributed by atoms with van der Waals surface area (Å²) < 4.78 is 2.57. The molecular weight excluding hydrogens is 234 g/mol. The molecule has 0 spiro atoms. The molecule has 0 amide bonds. The van der Waals surface area contributed by atoms with E-state index < -0.39 is 0 Å². The van der Waals surface area contributed by atoms with Crippen LogP contribution < -0.4 is 5.73 Å². The number of nitrogen functional groups attached to an aromatic ring is 1. The van der Waals surface area contributed by atoms with Crippen LogP contribution in [0.2, 0.25) is 0 Å². The second-order valence-electron chi connectivity index (χ2n) is 6.26. The lowest BCUT2D eigenvalue weighted by molar-refractivity contribution is 0.137. The minimum Gasteiger partial charge on any atom is -0.399 e. The maximum Gasteiger partial charge on any atom is 0.113 e. The van der Waals surface area contributed by atoms with Crippen molar-refractivity contribution >= 4 is 16.7 Å². The van der Waals surface area contributed by atoms with E-state index in [1.165, 1.54) is 49.9 Å². The Hall–Kier alpha value is -1.51. The Balaban J connectivity index is 1.98. The molecule has 3 nitrogen and oxygen atoms in total. The summed E-state index contributed by atoms with van der Waals surface area (Å²) in [6.45, 7) is 2.32. The Morgan fingerprint density at radius 3 is 2.74 bits per heavy atom. The molecule has 1 aromatic carbocycles. The maximum atomic E-state index is 5.91. The Morgan fingerprint density at radius 2 is 2.16 bits per heavy atom. The molecule has 0 atom stereocenters. The van der Waals surface area contributed by atoms with Crippen LogP contribution >= 0.6 is 0 Å². The molecule has 100 valence electrons. The summed E-state index contributed by atoms with van der Waals surface area (Å²) in [5, 5.41) is 0. The van der Waals surface area contributed by atoms with Crippen LogP contribution in [0, 0.1) is 0 Å². The maximum absolute atomic E-state index is 5.91. The lowest BCUT2D eigenvalue weighted by Crippen LogP contribution is -2.40. The van der Waals surface area contributed by atoms with E-state index >= 15 is 0 Å². The summed E-state index contributed by atoms with van der Waals surface area (Å²) in [5.41, 5.74) is 9.44. The third-order valence-corrected chi connectivity index (χ3v) is 5.06. The molecule has 2 saturated carbocycles. The van der Waals surface area contributed by atoms with E-state index in [4.69, 9.17) is 10.7 Å². The van der Waals surface area contributed by atoms with Crippen molar-refractivity contribution in [3.63, 3.8) is 0 Å². The first kappa shape index (κ1) is 11.3. The van der Waals surface area contributed by atoms with Crippen molar-refractivity contribution in [1.82, 2.24) is 9.55 Å². The number of hydrogen-bond acceptors (Lipinski definition) is 2. The van der Waals surface area contributed by atoms with Gasteiger partial charge in [0.05, 0.1) is 11.0 Å². The average molecular weight is 255 g/mol. The zero-order chi connectivity index (χ0) is 13.0. The fourth-order valence-electron chi connectivity index (χ4n) is 3.55. The van der Waals surface area contributed by atoms with E-state index in [0.717, 1.165) is 11.2 Å². The molecule has 0 bridgehead atoms. The van der Waals surface area contributed by atoms with Crippen LogP contribution in [0.25, 0.3) is 11.0 Å². The summed E-state index contributed by atoms with van der Waals surface area (Å²) in [4.78, 5) is 4.91. The number of fused-ring (bicyclic) bond motifs is 1. The normalized spacial score (nSPS) is 21.5. The number of hydrogen-bond donors (Lipinski definition) is 1. The molecule has 2 aliphatic rings. The summed E-state index contributed by atoms with van der Waals surface area (Å²) in [5.74, 6) is 2.01. The van der Waals surface area contributed by atoms with Crippen LogP contribution in [0.5, 0.6) is 0 Å². The van der Waals surface area contributed by atoms with E-state index in [1.807, 2.05) is 12.1 Å². The van der Waals surface area contributed by atoms with Gasteiger partial charge in [-0.3, -0.25) is 0 Å². The van der Waals surface area contributed by atoms with E-state index in [2.05, 4.69) is 17.6 Å². The first-order valence-electron chi connectivity index (χ1n) is 7.52. The number of anilines is 1. The average Bonchev–Trinajstić information content (AvgIpc) is 3.12. The molecule has 4 rings (SSSR count). The van der Waals surface area contributed by atoms with Crippen molar-refractivity contribution in [2.75, 3.05) is 5.73 Å². The Labute approximate surface area is 113 Å². The number of benzene rings is 1. The van der Waals surface area contributed by atoms with Gasteiger partial charge in [-0.15, -0.1) is 0 Å². The fraction of sp³-hybridized carbons (Fsp3) is 0.562. The van der Waals surface area contributed by atoms with Crippen molar-refractivity contribution < 1.29 is 0 Å². The monoisotopic (exact) mass is 255 g/mol. The summed E-state index contributed by atoms with van der Waals surface area (Å²) in [7, 11) is 0. The van der Waals surface area contributed by atoms with E-state index in [1.54, 1.807) is 0 Å². The topological polar surface area (TPSA) is 43.8 Å². The molecule has 3 heteroatoms. The van der Waals surface area contributed by atoms with E-state index in [0.29, 0.717) is 11.5 Å². The number of imidazole rings is 1. The second kappa shape index (κ2) is 3.75. The van der Waals surface area contributed by atoms with Crippen molar-refractivity contribution in [1.29, 1.82) is 0 Å². The highest BCUT2D eigenvalue weighted by molar-refractivity contribution is 5.80. The molecule has 0 aliphatic heterocycles. The Bertz CT molecular complexity index is 627. The molecule has 2 fully saturated rings. The number of nitrogens with two attached hydrogens (primary N) is 1. The van der Waals surface area contributed by atoms with Gasteiger partial charge in [0.15, 0.2) is 0 Å². The molecule has 0 unspecified atom stereocenters. The summed E-state index contributed by atoms with van der Waals surface area (Å²) >= 11 is 0. The van der Waals surface area contributed by atoms with Crippen molar-refractivity contribution in [2.24, 2.45) is 0 Å². The number of aromatic nitrogens is 2. The SMILES string of the molecule is CCC1(n2c(C3CC3)nc3cc(N)ccc32)CCC1. The van der Waals surface area contributed by atoms with Gasteiger partial charge < -0.3 is 10.3 Å². The van der Waals surface area contributed by atoms with Crippen LogP contribution in [0.3, 0.4) is 0 Å². The zero-order valence-corrected chi connectivity index (χ0v) is 11.5. The lowest BCUT2D eigenvalue weighted by Gasteiger charge is -2.44.